The number of fused-ring (bicyclic) bond motifs is 1. The zero-order valence-electron chi connectivity index (χ0n) is 14.2. The van der Waals surface area contributed by atoms with Crippen molar-refractivity contribution >= 4 is 11.6 Å². The second kappa shape index (κ2) is 7.16. The fraction of sp³-hybridized carbons (Fsp3) is 0.0870. The van der Waals surface area contributed by atoms with Crippen molar-refractivity contribution in [2.45, 2.75) is 12.7 Å². The molecule has 26 heavy (non-hydrogen) atoms. The molecule has 1 aliphatic rings. The van der Waals surface area contributed by atoms with Crippen LogP contribution < -0.4 is 5.32 Å². The van der Waals surface area contributed by atoms with Gasteiger partial charge in [0.15, 0.2) is 6.17 Å². The van der Waals surface area contributed by atoms with Crippen LogP contribution in [0.2, 0.25) is 0 Å². The van der Waals surface area contributed by atoms with Crippen LogP contribution >= 0.6 is 0 Å². The smallest absolute Gasteiger partial charge is 0.258 e. The Kier molecular flexibility index (Phi) is 4.40. The highest BCUT2D eigenvalue weighted by Gasteiger charge is 2.30. The second-order valence-corrected chi connectivity index (χ2v) is 6.15. The summed E-state index contributed by atoms with van der Waals surface area (Å²) in [5.41, 5.74) is 3.52. The molecule has 0 bridgehead atoms. The Morgan fingerprint density at radius 3 is 2.27 bits per heavy atom. The summed E-state index contributed by atoms with van der Waals surface area (Å²) >= 11 is 0. The van der Waals surface area contributed by atoms with E-state index in [1.165, 1.54) is 0 Å². The molecule has 3 heteroatoms. The van der Waals surface area contributed by atoms with Crippen molar-refractivity contribution in [2.24, 2.45) is 0 Å². The van der Waals surface area contributed by atoms with Crippen molar-refractivity contribution in [3.8, 4) is 11.8 Å². The van der Waals surface area contributed by atoms with Gasteiger partial charge in [-0.1, -0.05) is 72.5 Å². The minimum absolute atomic E-state index is 0.00411. The molecule has 1 amide bonds. The quantitative estimate of drug-likeness (QED) is 0.713. The molecule has 0 saturated carbocycles. The van der Waals surface area contributed by atoms with Crippen LogP contribution in [0.15, 0.2) is 84.9 Å². The molecule has 0 saturated heterocycles. The van der Waals surface area contributed by atoms with E-state index < -0.39 is 0 Å². The van der Waals surface area contributed by atoms with Crippen molar-refractivity contribution < 1.29 is 4.79 Å². The molecule has 0 radical (unpaired) electrons. The van der Waals surface area contributed by atoms with Gasteiger partial charge in [-0.3, -0.25) is 4.79 Å². The number of rotatable bonds is 2. The number of nitrogens with one attached hydrogen (secondary N) is 1. The van der Waals surface area contributed by atoms with Gasteiger partial charge in [-0.2, -0.15) is 0 Å². The Morgan fingerprint density at radius 2 is 1.50 bits per heavy atom. The van der Waals surface area contributed by atoms with Crippen molar-refractivity contribution in [3.63, 3.8) is 0 Å². The number of anilines is 1. The average molecular weight is 338 g/mol. The van der Waals surface area contributed by atoms with Gasteiger partial charge in [0.05, 0.1) is 5.56 Å². The predicted octanol–water partition coefficient (Wildman–Crippen LogP) is 4.13. The first-order valence-corrected chi connectivity index (χ1v) is 8.58. The molecule has 0 fully saturated rings. The van der Waals surface area contributed by atoms with E-state index >= 15 is 0 Å². The van der Waals surface area contributed by atoms with E-state index in [1.54, 1.807) is 4.90 Å². The molecule has 1 heterocycles. The Bertz CT molecular complexity index is 971. The maximum Gasteiger partial charge on any atom is 0.258 e. The molecule has 1 atom stereocenters. The van der Waals surface area contributed by atoms with Crippen LogP contribution in [0.5, 0.6) is 0 Å². The molecular weight excluding hydrogens is 320 g/mol. The van der Waals surface area contributed by atoms with Gasteiger partial charge in [-0.15, -0.1) is 0 Å². The van der Waals surface area contributed by atoms with Crippen molar-refractivity contribution in [2.75, 3.05) is 5.32 Å². The maximum atomic E-state index is 13.1. The summed E-state index contributed by atoms with van der Waals surface area (Å²) in [6.07, 6.45) is -0.377. The largest absolute Gasteiger partial charge is 0.354 e. The normalized spacial score (nSPS) is 15.5. The molecule has 1 aliphatic heterocycles. The molecule has 0 aromatic heterocycles. The third-order valence-corrected chi connectivity index (χ3v) is 4.34. The fourth-order valence-electron chi connectivity index (χ4n) is 3.02. The summed E-state index contributed by atoms with van der Waals surface area (Å²) < 4.78 is 0. The predicted molar refractivity (Wildman–Crippen MR) is 103 cm³/mol. The Hall–Kier alpha value is -3.51. The number of carbonyl (C=O) groups excluding carboxylic acids is 1. The molecule has 3 aromatic rings. The first-order chi connectivity index (χ1) is 12.8. The van der Waals surface area contributed by atoms with Crippen LogP contribution in [0.25, 0.3) is 0 Å². The van der Waals surface area contributed by atoms with E-state index in [2.05, 4.69) is 17.2 Å². The number of amides is 1. The monoisotopic (exact) mass is 338 g/mol. The van der Waals surface area contributed by atoms with Crippen LogP contribution in [-0.2, 0) is 6.54 Å². The minimum Gasteiger partial charge on any atom is -0.354 e. The summed E-state index contributed by atoms with van der Waals surface area (Å²) in [6.45, 7) is 0.509. The second-order valence-electron chi connectivity index (χ2n) is 6.15. The van der Waals surface area contributed by atoms with Gasteiger partial charge in [0.1, 0.15) is 0 Å². The lowest BCUT2D eigenvalue weighted by molar-refractivity contribution is 0.0708. The molecular formula is C23H18N2O. The molecule has 1 unspecified atom stereocenters. The zero-order valence-corrected chi connectivity index (χ0v) is 14.2. The minimum atomic E-state index is -0.377. The third-order valence-electron chi connectivity index (χ3n) is 4.34. The number of carbonyl (C=O) groups is 1. The Balaban J connectivity index is 1.69. The Morgan fingerprint density at radius 1 is 0.846 bits per heavy atom. The van der Waals surface area contributed by atoms with Gasteiger partial charge in [0, 0.05) is 17.8 Å². The van der Waals surface area contributed by atoms with Crippen molar-refractivity contribution in [1.29, 1.82) is 0 Å². The van der Waals surface area contributed by atoms with Gasteiger partial charge in [-0.25, -0.2) is 0 Å². The summed E-state index contributed by atoms with van der Waals surface area (Å²) in [5.74, 6) is 6.39. The average Bonchev–Trinajstić information content (AvgIpc) is 2.70. The van der Waals surface area contributed by atoms with Crippen LogP contribution in [-0.4, -0.2) is 17.0 Å². The molecule has 3 nitrogen and oxygen atoms in total. The number of para-hydroxylation sites is 1. The summed E-state index contributed by atoms with van der Waals surface area (Å²) in [7, 11) is 0. The highest BCUT2D eigenvalue weighted by molar-refractivity contribution is 6.02. The van der Waals surface area contributed by atoms with E-state index in [1.807, 2.05) is 84.9 Å². The molecule has 1 N–H and O–H groups in total. The van der Waals surface area contributed by atoms with Gasteiger partial charge < -0.3 is 10.2 Å². The zero-order chi connectivity index (χ0) is 17.8. The molecule has 4 rings (SSSR count). The standard InChI is InChI=1S/C23H18N2O/c26-23-20-13-7-8-14-21(20)24-22(16-15-18-9-3-1-4-10-18)25(23)17-19-11-5-2-6-12-19/h1-14,22,24H,17H2. The lowest BCUT2D eigenvalue weighted by Gasteiger charge is -2.35. The molecule has 126 valence electrons. The lowest BCUT2D eigenvalue weighted by atomic mass is 10.1. The molecule has 0 aliphatic carbocycles. The topological polar surface area (TPSA) is 32.3 Å². The summed E-state index contributed by atoms with van der Waals surface area (Å²) in [4.78, 5) is 14.8. The molecule has 0 spiro atoms. The number of benzene rings is 3. The van der Waals surface area contributed by atoms with Crippen molar-refractivity contribution in [1.82, 2.24) is 4.90 Å². The summed E-state index contributed by atoms with van der Waals surface area (Å²) in [5, 5.41) is 3.40. The van der Waals surface area contributed by atoms with E-state index in [4.69, 9.17) is 0 Å². The number of nitrogens with zero attached hydrogens (tertiary/aromatic N) is 1. The number of hydrogen-bond donors (Lipinski definition) is 1. The highest BCUT2D eigenvalue weighted by atomic mass is 16.2. The SMILES string of the molecule is O=C1c2ccccc2NC(C#Cc2ccccc2)N1Cc1ccccc1. The van der Waals surface area contributed by atoms with E-state index in [0.29, 0.717) is 12.1 Å². The van der Waals surface area contributed by atoms with E-state index in [9.17, 15) is 4.79 Å². The first kappa shape index (κ1) is 16.0. The van der Waals surface area contributed by atoms with Crippen LogP contribution in [0, 0.1) is 11.8 Å². The lowest BCUT2D eigenvalue weighted by Crippen LogP contribution is -2.47. The number of hydrogen-bond acceptors (Lipinski definition) is 2. The van der Waals surface area contributed by atoms with Gasteiger partial charge in [0.2, 0.25) is 0 Å². The molecule has 3 aromatic carbocycles. The highest BCUT2D eigenvalue weighted by Crippen LogP contribution is 2.26. The van der Waals surface area contributed by atoms with Gasteiger partial charge in [-0.05, 0) is 29.8 Å². The van der Waals surface area contributed by atoms with Crippen molar-refractivity contribution in [3.05, 3.63) is 102 Å². The third kappa shape index (κ3) is 3.31. The van der Waals surface area contributed by atoms with Crippen LogP contribution in [0.1, 0.15) is 21.5 Å². The van der Waals surface area contributed by atoms with Gasteiger partial charge in [0.25, 0.3) is 5.91 Å². The van der Waals surface area contributed by atoms with Crippen LogP contribution in [0.4, 0.5) is 5.69 Å². The van der Waals surface area contributed by atoms with E-state index in [0.717, 1.165) is 16.8 Å². The first-order valence-electron chi connectivity index (χ1n) is 8.58. The summed E-state index contributed by atoms with van der Waals surface area (Å²) in [6, 6.07) is 27.4. The van der Waals surface area contributed by atoms with E-state index in [-0.39, 0.29) is 12.1 Å². The van der Waals surface area contributed by atoms with Crippen LogP contribution in [0.3, 0.4) is 0 Å². The Labute approximate surface area is 153 Å². The fourth-order valence-corrected chi connectivity index (χ4v) is 3.02. The maximum absolute atomic E-state index is 13.1. The van der Waals surface area contributed by atoms with Gasteiger partial charge >= 0.3 is 0 Å².